The summed E-state index contributed by atoms with van der Waals surface area (Å²) >= 11 is 0. The zero-order chi connectivity index (χ0) is 12.5. The molecule has 0 spiro atoms. The number of aryl methyl sites for hydroxylation is 1. The number of hydrogen-bond acceptors (Lipinski definition) is 5. The highest BCUT2D eigenvalue weighted by Crippen LogP contribution is 2.22. The fraction of sp³-hybridized carbons (Fsp3) is 0.556. The van der Waals surface area contributed by atoms with Gasteiger partial charge in [0.1, 0.15) is 11.7 Å². The van der Waals surface area contributed by atoms with Crippen molar-refractivity contribution in [2.45, 2.75) is 26.3 Å². The lowest BCUT2D eigenvalue weighted by atomic mass is 10.1. The lowest BCUT2D eigenvalue weighted by molar-refractivity contribution is -0.389. The molecule has 1 rings (SSSR count). The highest BCUT2D eigenvalue weighted by molar-refractivity contribution is 5.77. The number of nitrogens with zero attached hydrogens (tertiary/aromatic N) is 3. The van der Waals surface area contributed by atoms with E-state index in [4.69, 9.17) is 0 Å². The summed E-state index contributed by atoms with van der Waals surface area (Å²) in [5.41, 5.74) is -1.01. The fourth-order valence-corrected chi connectivity index (χ4v) is 1.46. The van der Waals surface area contributed by atoms with Crippen molar-refractivity contribution in [3.8, 4) is 0 Å². The van der Waals surface area contributed by atoms with Gasteiger partial charge in [0.25, 0.3) is 0 Å². The first-order valence-electron chi connectivity index (χ1n) is 4.60. The standard InChI is InChI=1S/C9H13N3O4/c1-6-10-7(12(14)15)5-11(6)9(2,3)8(13)16-4/h5H,1-4H3. The molecule has 0 radical (unpaired) electrons. The first-order chi connectivity index (χ1) is 7.30. The van der Waals surface area contributed by atoms with Gasteiger partial charge < -0.3 is 14.9 Å². The minimum absolute atomic E-state index is 0.283. The van der Waals surface area contributed by atoms with Crippen molar-refractivity contribution >= 4 is 11.8 Å². The Kier molecular flexibility index (Phi) is 2.97. The van der Waals surface area contributed by atoms with Crippen LogP contribution in [0.3, 0.4) is 0 Å². The summed E-state index contributed by atoms with van der Waals surface area (Å²) in [6, 6.07) is 0. The Balaban J connectivity index is 3.22. The molecule has 0 aliphatic rings. The fourth-order valence-electron chi connectivity index (χ4n) is 1.46. The second-order valence-electron chi connectivity index (χ2n) is 3.82. The van der Waals surface area contributed by atoms with Gasteiger partial charge in [-0.1, -0.05) is 0 Å². The molecule has 7 heteroatoms. The number of carbonyl (C=O) groups is 1. The molecule has 0 saturated carbocycles. The Morgan fingerprint density at radius 3 is 2.56 bits per heavy atom. The maximum atomic E-state index is 11.5. The van der Waals surface area contributed by atoms with E-state index in [9.17, 15) is 14.9 Å². The molecule has 0 unspecified atom stereocenters. The molecule has 7 nitrogen and oxygen atoms in total. The van der Waals surface area contributed by atoms with Gasteiger partial charge in [-0.05, 0) is 23.8 Å². The Hall–Kier alpha value is -1.92. The van der Waals surface area contributed by atoms with Gasteiger partial charge in [-0.15, -0.1) is 0 Å². The third kappa shape index (κ3) is 1.88. The molecule has 0 amide bonds. The minimum Gasteiger partial charge on any atom is -0.467 e. The Morgan fingerprint density at radius 1 is 1.62 bits per heavy atom. The van der Waals surface area contributed by atoms with E-state index in [1.54, 1.807) is 20.8 Å². The summed E-state index contributed by atoms with van der Waals surface area (Å²) in [6.45, 7) is 4.81. The SMILES string of the molecule is COC(=O)C(C)(C)n1cc([N+](=O)[O-])nc1C. The molecule has 0 fully saturated rings. The van der Waals surface area contributed by atoms with Gasteiger partial charge in [-0.3, -0.25) is 4.57 Å². The second-order valence-corrected chi connectivity index (χ2v) is 3.82. The summed E-state index contributed by atoms with van der Waals surface area (Å²) in [5, 5.41) is 10.5. The van der Waals surface area contributed by atoms with Gasteiger partial charge >= 0.3 is 11.8 Å². The number of esters is 1. The van der Waals surface area contributed by atoms with Crippen molar-refractivity contribution < 1.29 is 14.5 Å². The molecule has 1 aromatic heterocycles. The molecule has 16 heavy (non-hydrogen) atoms. The van der Waals surface area contributed by atoms with Crippen LogP contribution in [0.15, 0.2) is 6.20 Å². The predicted molar refractivity (Wildman–Crippen MR) is 55.0 cm³/mol. The zero-order valence-corrected chi connectivity index (χ0v) is 9.55. The van der Waals surface area contributed by atoms with E-state index in [1.165, 1.54) is 17.9 Å². The van der Waals surface area contributed by atoms with E-state index in [1.807, 2.05) is 0 Å². The monoisotopic (exact) mass is 227 g/mol. The number of carbonyl (C=O) groups excluding carboxylic acids is 1. The number of methoxy groups -OCH3 is 1. The summed E-state index contributed by atoms with van der Waals surface area (Å²) in [7, 11) is 1.27. The van der Waals surface area contributed by atoms with E-state index in [-0.39, 0.29) is 5.82 Å². The molecule has 88 valence electrons. The molecule has 0 bridgehead atoms. The third-order valence-electron chi connectivity index (χ3n) is 2.34. The number of hydrogen-bond donors (Lipinski definition) is 0. The minimum atomic E-state index is -1.01. The van der Waals surface area contributed by atoms with Crippen molar-refractivity contribution in [1.29, 1.82) is 0 Å². The van der Waals surface area contributed by atoms with Crippen LogP contribution in [0.1, 0.15) is 19.7 Å². The summed E-state index contributed by atoms with van der Waals surface area (Å²) in [4.78, 5) is 25.2. The van der Waals surface area contributed by atoms with Crippen LogP contribution in [0.4, 0.5) is 5.82 Å². The van der Waals surface area contributed by atoms with Gasteiger partial charge in [0.15, 0.2) is 0 Å². The smallest absolute Gasteiger partial charge is 0.381 e. The van der Waals surface area contributed by atoms with Gasteiger partial charge in [0.2, 0.25) is 5.82 Å². The summed E-state index contributed by atoms with van der Waals surface area (Å²) in [6.07, 6.45) is 1.23. The molecule has 0 N–H and O–H groups in total. The lowest BCUT2D eigenvalue weighted by Crippen LogP contribution is -2.37. The molecule has 0 aromatic carbocycles. The van der Waals surface area contributed by atoms with E-state index >= 15 is 0 Å². The van der Waals surface area contributed by atoms with Crippen LogP contribution in [-0.2, 0) is 15.1 Å². The molecule has 1 heterocycles. The van der Waals surface area contributed by atoms with Crippen molar-refractivity contribution in [1.82, 2.24) is 9.55 Å². The quantitative estimate of drug-likeness (QED) is 0.437. The second kappa shape index (κ2) is 3.92. The number of aromatic nitrogens is 2. The largest absolute Gasteiger partial charge is 0.467 e. The van der Waals surface area contributed by atoms with Gasteiger partial charge in [0.05, 0.1) is 7.11 Å². The Bertz CT molecular complexity index is 436. The molecular weight excluding hydrogens is 214 g/mol. The molecule has 0 atom stereocenters. The van der Waals surface area contributed by atoms with Gasteiger partial charge in [0, 0.05) is 6.92 Å². The number of nitro groups is 1. The maximum Gasteiger partial charge on any atom is 0.381 e. The lowest BCUT2D eigenvalue weighted by Gasteiger charge is -2.22. The average Bonchev–Trinajstić information content (AvgIpc) is 2.59. The van der Waals surface area contributed by atoms with Crippen molar-refractivity contribution in [2.75, 3.05) is 7.11 Å². The van der Waals surface area contributed by atoms with Crippen LogP contribution >= 0.6 is 0 Å². The van der Waals surface area contributed by atoms with Crippen molar-refractivity contribution in [3.05, 3.63) is 22.1 Å². The number of ether oxygens (including phenoxy) is 1. The van der Waals surface area contributed by atoms with Crippen LogP contribution in [0, 0.1) is 17.0 Å². The van der Waals surface area contributed by atoms with Crippen LogP contribution in [0.5, 0.6) is 0 Å². The third-order valence-corrected chi connectivity index (χ3v) is 2.34. The van der Waals surface area contributed by atoms with Gasteiger partial charge in [-0.25, -0.2) is 4.79 Å². The maximum absolute atomic E-state index is 11.5. The normalized spacial score (nSPS) is 11.2. The highest BCUT2D eigenvalue weighted by atomic mass is 16.6. The van der Waals surface area contributed by atoms with Gasteiger partial charge in [-0.2, -0.15) is 0 Å². The average molecular weight is 227 g/mol. The van der Waals surface area contributed by atoms with Crippen molar-refractivity contribution in [2.24, 2.45) is 0 Å². The van der Waals surface area contributed by atoms with Crippen LogP contribution in [-0.4, -0.2) is 27.6 Å². The van der Waals surface area contributed by atoms with E-state index in [2.05, 4.69) is 9.72 Å². The first-order valence-corrected chi connectivity index (χ1v) is 4.60. The Labute approximate surface area is 92.2 Å². The summed E-state index contributed by atoms with van der Waals surface area (Å²) in [5.74, 6) is -0.375. The summed E-state index contributed by atoms with van der Waals surface area (Å²) < 4.78 is 6.06. The number of imidazole rings is 1. The number of rotatable bonds is 3. The zero-order valence-electron chi connectivity index (χ0n) is 9.55. The Morgan fingerprint density at radius 2 is 2.19 bits per heavy atom. The highest BCUT2D eigenvalue weighted by Gasteiger charge is 2.35. The van der Waals surface area contributed by atoms with Crippen molar-refractivity contribution in [3.63, 3.8) is 0 Å². The van der Waals surface area contributed by atoms with Crippen LogP contribution < -0.4 is 0 Å². The molecular formula is C9H13N3O4. The topological polar surface area (TPSA) is 87.3 Å². The first kappa shape index (κ1) is 12.2. The van der Waals surface area contributed by atoms with Crippen LogP contribution in [0.2, 0.25) is 0 Å². The predicted octanol–water partition coefficient (Wildman–Crippen LogP) is 1.01. The molecule has 1 aromatic rings. The molecule has 0 aliphatic heterocycles. The van der Waals surface area contributed by atoms with Crippen LogP contribution in [0.25, 0.3) is 0 Å². The van der Waals surface area contributed by atoms with E-state index in [0.29, 0.717) is 5.82 Å². The van der Waals surface area contributed by atoms with E-state index in [0.717, 1.165) is 0 Å². The molecule has 0 saturated heterocycles. The van der Waals surface area contributed by atoms with E-state index < -0.39 is 16.4 Å². The molecule has 0 aliphatic carbocycles.